The Morgan fingerprint density at radius 3 is 2.72 bits per heavy atom. The molecule has 0 spiro atoms. The summed E-state index contributed by atoms with van der Waals surface area (Å²) in [6.45, 7) is 5.68. The molecule has 2 N–H and O–H groups in total. The van der Waals surface area contributed by atoms with Gasteiger partial charge in [-0.2, -0.15) is 0 Å². The summed E-state index contributed by atoms with van der Waals surface area (Å²) in [5.41, 5.74) is 4.09. The third-order valence-corrected chi connectivity index (χ3v) is 7.10. The number of carbonyl (C=O) groups excluding carboxylic acids is 1. The average Bonchev–Trinajstić information content (AvgIpc) is 3.28. The van der Waals surface area contributed by atoms with Crippen molar-refractivity contribution >= 4 is 16.8 Å². The molecule has 0 bridgehead atoms. The Kier molecular flexibility index (Phi) is 5.15. The summed E-state index contributed by atoms with van der Waals surface area (Å²) in [4.78, 5) is 13.2. The van der Waals surface area contributed by atoms with Gasteiger partial charge in [0.15, 0.2) is 0 Å². The molecule has 0 radical (unpaired) electrons. The molecular formula is C25H35N3O. The van der Waals surface area contributed by atoms with Crippen LogP contribution in [0.4, 0.5) is 0 Å². The quantitative estimate of drug-likeness (QED) is 0.746. The van der Waals surface area contributed by atoms with Crippen molar-refractivity contribution < 1.29 is 4.79 Å². The Hall–Kier alpha value is -1.81. The number of nitrogens with zero attached hydrogens (tertiary/aromatic N) is 1. The van der Waals surface area contributed by atoms with Crippen LogP contribution in [0.5, 0.6) is 0 Å². The normalized spacial score (nSPS) is 24.9. The van der Waals surface area contributed by atoms with Crippen LogP contribution >= 0.6 is 0 Å². The molecule has 2 heterocycles. The van der Waals surface area contributed by atoms with Crippen LogP contribution in [0.2, 0.25) is 0 Å². The summed E-state index contributed by atoms with van der Waals surface area (Å²) in [6, 6.07) is 7.22. The smallest absolute Gasteiger partial charge is 0.237 e. The van der Waals surface area contributed by atoms with Crippen molar-refractivity contribution in [2.75, 3.05) is 0 Å². The second kappa shape index (κ2) is 7.79. The van der Waals surface area contributed by atoms with E-state index < -0.39 is 0 Å². The first-order chi connectivity index (χ1) is 14.1. The molecule has 29 heavy (non-hydrogen) atoms. The molecule has 1 aromatic heterocycles. The van der Waals surface area contributed by atoms with E-state index in [1.54, 1.807) is 0 Å². The Morgan fingerprint density at radius 1 is 1.21 bits per heavy atom. The second-order valence-electron chi connectivity index (χ2n) is 10.1. The van der Waals surface area contributed by atoms with Crippen molar-refractivity contribution in [2.24, 2.45) is 11.8 Å². The summed E-state index contributed by atoms with van der Waals surface area (Å²) < 4.78 is 2.47. The van der Waals surface area contributed by atoms with Gasteiger partial charge in [0, 0.05) is 35.7 Å². The number of carbonyl (C=O) groups is 1. The summed E-state index contributed by atoms with van der Waals surface area (Å²) in [5, 5.41) is 8.52. The first kappa shape index (κ1) is 19.2. The maximum Gasteiger partial charge on any atom is 0.237 e. The molecule has 1 amide bonds. The number of aromatic nitrogens is 1. The predicted molar refractivity (Wildman–Crippen MR) is 118 cm³/mol. The van der Waals surface area contributed by atoms with Gasteiger partial charge in [0.2, 0.25) is 5.91 Å². The molecule has 2 unspecified atom stereocenters. The molecule has 4 heteroatoms. The van der Waals surface area contributed by atoms with Crippen molar-refractivity contribution in [3.8, 4) is 0 Å². The molecule has 0 saturated heterocycles. The van der Waals surface area contributed by atoms with E-state index in [2.05, 4.69) is 53.4 Å². The molecule has 5 rings (SSSR count). The zero-order valence-corrected chi connectivity index (χ0v) is 17.9. The molecule has 2 atom stereocenters. The highest BCUT2D eigenvalue weighted by Gasteiger charge is 2.32. The fraction of sp³-hybridized carbons (Fsp3) is 0.640. The van der Waals surface area contributed by atoms with Crippen LogP contribution in [0.15, 0.2) is 24.4 Å². The van der Waals surface area contributed by atoms with Crippen molar-refractivity contribution in [3.05, 3.63) is 35.5 Å². The predicted octanol–water partition coefficient (Wildman–Crippen LogP) is 4.71. The van der Waals surface area contributed by atoms with Crippen LogP contribution in [0, 0.1) is 11.8 Å². The molecule has 1 aromatic carbocycles. The van der Waals surface area contributed by atoms with Crippen LogP contribution in [0.1, 0.15) is 76.0 Å². The first-order valence-corrected chi connectivity index (χ1v) is 11.8. The highest BCUT2D eigenvalue weighted by atomic mass is 16.2. The van der Waals surface area contributed by atoms with Crippen molar-refractivity contribution in [3.63, 3.8) is 0 Å². The maximum absolute atomic E-state index is 13.2. The molecule has 4 nitrogen and oxygen atoms in total. The fourth-order valence-electron chi connectivity index (χ4n) is 5.46. The molecule has 2 saturated carbocycles. The lowest BCUT2D eigenvalue weighted by Crippen LogP contribution is -2.49. The number of hydrogen-bond donors (Lipinski definition) is 2. The van der Waals surface area contributed by atoms with Crippen LogP contribution < -0.4 is 10.6 Å². The van der Waals surface area contributed by atoms with Gasteiger partial charge in [-0.1, -0.05) is 38.8 Å². The monoisotopic (exact) mass is 393 g/mol. The largest absolute Gasteiger partial charge is 0.352 e. The fourth-order valence-corrected chi connectivity index (χ4v) is 5.46. The molecule has 1 aliphatic heterocycles. The number of rotatable bonds is 6. The second-order valence-corrected chi connectivity index (χ2v) is 10.1. The molecule has 2 aliphatic carbocycles. The SMILES string of the molecule is CC(C)CC1NC(C(=O)NC2CCCC2)Cc2cn(CC3CC3)c3cccc1c23. The lowest BCUT2D eigenvalue weighted by molar-refractivity contribution is -0.124. The third-order valence-electron chi connectivity index (χ3n) is 7.10. The minimum Gasteiger partial charge on any atom is -0.352 e. The van der Waals surface area contributed by atoms with Crippen LogP contribution in [0.25, 0.3) is 10.9 Å². The van der Waals surface area contributed by atoms with Gasteiger partial charge >= 0.3 is 0 Å². The summed E-state index contributed by atoms with van der Waals surface area (Å²) in [6.07, 6.45) is 11.7. The van der Waals surface area contributed by atoms with E-state index >= 15 is 0 Å². The number of nitrogens with one attached hydrogen (secondary N) is 2. The van der Waals surface area contributed by atoms with Crippen molar-refractivity contribution in [1.82, 2.24) is 15.2 Å². The highest BCUT2D eigenvalue weighted by molar-refractivity contribution is 5.90. The van der Waals surface area contributed by atoms with E-state index in [1.165, 1.54) is 47.7 Å². The van der Waals surface area contributed by atoms with Crippen LogP contribution in [-0.4, -0.2) is 22.6 Å². The zero-order valence-electron chi connectivity index (χ0n) is 17.9. The van der Waals surface area contributed by atoms with Gasteiger partial charge < -0.3 is 9.88 Å². The van der Waals surface area contributed by atoms with Gasteiger partial charge in [-0.25, -0.2) is 0 Å². The Morgan fingerprint density at radius 2 is 2.00 bits per heavy atom. The van der Waals surface area contributed by atoms with E-state index in [-0.39, 0.29) is 18.0 Å². The van der Waals surface area contributed by atoms with E-state index in [0.29, 0.717) is 12.0 Å². The summed E-state index contributed by atoms with van der Waals surface area (Å²) in [7, 11) is 0. The Bertz CT molecular complexity index is 889. The molecule has 156 valence electrons. The first-order valence-electron chi connectivity index (χ1n) is 11.8. The lowest BCUT2D eigenvalue weighted by atomic mass is 9.94. The molecular weight excluding hydrogens is 358 g/mol. The summed E-state index contributed by atoms with van der Waals surface area (Å²) >= 11 is 0. The average molecular weight is 394 g/mol. The van der Waals surface area contributed by atoms with Gasteiger partial charge in [-0.05, 0) is 67.6 Å². The van der Waals surface area contributed by atoms with Crippen molar-refractivity contribution in [2.45, 2.75) is 89.9 Å². The Labute approximate surface area is 174 Å². The van der Waals surface area contributed by atoms with Gasteiger partial charge in [0.25, 0.3) is 0 Å². The van der Waals surface area contributed by atoms with Gasteiger partial charge in [-0.3, -0.25) is 10.1 Å². The zero-order chi connectivity index (χ0) is 20.0. The van der Waals surface area contributed by atoms with Crippen molar-refractivity contribution in [1.29, 1.82) is 0 Å². The van der Waals surface area contributed by atoms with Crippen LogP contribution in [0.3, 0.4) is 0 Å². The number of hydrogen-bond acceptors (Lipinski definition) is 2. The molecule has 3 aliphatic rings. The Balaban J connectivity index is 1.50. The third kappa shape index (κ3) is 3.96. The van der Waals surface area contributed by atoms with Gasteiger partial charge in [0.05, 0.1) is 6.04 Å². The molecule has 2 aromatic rings. The highest BCUT2D eigenvalue weighted by Crippen LogP contribution is 2.38. The number of benzene rings is 1. The van der Waals surface area contributed by atoms with E-state index in [0.717, 1.165) is 38.1 Å². The standard InChI is InChI=1S/C25H35N3O/c1-16(2)12-21-20-8-5-9-23-24(20)18(15-28(23)14-17-10-11-17)13-22(27-21)25(29)26-19-6-3-4-7-19/h5,8-9,15-17,19,21-22,27H,3-4,6-7,10-14H2,1-2H3,(H,26,29). The lowest BCUT2D eigenvalue weighted by Gasteiger charge is -2.26. The minimum atomic E-state index is -0.147. The van der Waals surface area contributed by atoms with E-state index in [4.69, 9.17) is 0 Å². The summed E-state index contributed by atoms with van der Waals surface area (Å²) in [5.74, 6) is 1.62. The maximum atomic E-state index is 13.2. The molecule has 2 fully saturated rings. The topological polar surface area (TPSA) is 46.1 Å². The van der Waals surface area contributed by atoms with E-state index in [9.17, 15) is 4.79 Å². The number of amides is 1. The van der Waals surface area contributed by atoms with Gasteiger partial charge in [-0.15, -0.1) is 0 Å². The van der Waals surface area contributed by atoms with E-state index in [1.807, 2.05) is 0 Å². The van der Waals surface area contributed by atoms with Crippen LogP contribution in [-0.2, 0) is 17.8 Å². The van der Waals surface area contributed by atoms with Gasteiger partial charge in [0.1, 0.15) is 0 Å². The minimum absolute atomic E-state index is 0.147.